The monoisotopic (exact) mass is 273 g/mol. The number of hydrogen-bond donors (Lipinski definition) is 1. The second-order valence-electron chi connectivity index (χ2n) is 5.62. The molecule has 0 spiro atoms. The molecule has 2 atom stereocenters. The quantitative estimate of drug-likeness (QED) is 0.930. The van der Waals surface area contributed by atoms with Crippen molar-refractivity contribution >= 4 is 10.9 Å². The number of nitrogens with zero attached hydrogens (tertiary/aromatic N) is 2. The Morgan fingerprint density at radius 1 is 1.45 bits per heavy atom. The topological polar surface area (TPSA) is 53.1 Å². The van der Waals surface area contributed by atoms with Crippen LogP contribution in [-0.2, 0) is 17.7 Å². The molecule has 20 heavy (non-hydrogen) atoms. The first kappa shape index (κ1) is 13.6. The predicted octanol–water partition coefficient (Wildman–Crippen LogP) is 2.35. The fourth-order valence-electron chi connectivity index (χ4n) is 3.08. The van der Waals surface area contributed by atoms with Gasteiger partial charge in [0.15, 0.2) is 0 Å². The number of aryl methyl sites for hydroxylation is 1. The molecule has 1 saturated heterocycles. The van der Waals surface area contributed by atoms with E-state index in [0.29, 0.717) is 5.92 Å². The van der Waals surface area contributed by atoms with Gasteiger partial charge in [-0.2, -0.15) is 5.10 Å². The summed E-state index contributed by atoms with van der Waals surface area (Å²) in [6.45, 7) is 4.70. The molecule has 2 unspecified atom stereocenters. The van der Waals surface area contributed by atoms with Crippen molar-refractivity contribution in [1.82, 2.24) is 9.78 Å². The smallest absolute Gasteiger partial charge is 0.0718 e. The maximum absolute atomic E-state index is 6.39. The second kappa shape index (κ2) is 5.94. The highest BCUT2D eigenvalue weighted by molar-refractivity contribution is 5.82. The fourth-order valence-corrected chi connectivity index (χ4v) is 3.08. The van der Waals surface area contributed by atoms with Crippen molar-refractivity contribution in [3.05, 3.63) is 30.0 Å². The van der Waals surface area contributed by atoms with Gasteiger partial charge in [-0.3, -0.25) is 4.68 Å². The molecule has 108 valence electrons. The van der Waals surface area contributed by atoms with Crippen molar-refractivity contribution in [2.24, 2.45) is 11.7 Å². The van der Waals surface area contributed by atoms with Crippen LogP contribution < -0.4 is 5.73 Å². The average Bonchev–Trinajstić information content (AvgIpc) is 2.86. The Hall–Kier alpha value is -1.39. The van der Waals surface area contributed by atoms with E-state index in [1.165, 1.54) is 17.3 Å². The Morgan fingerprint density at radius 3 is 3.05 bits per heavy atom. The Bertz CT molecular complexity index is 572. The standard InChI is InChI=1S/C16H23N3O/c1-2-19-16-8-4-3-7-13(16)15(18-19)10-14(17)12-6-5-9-20-11-12/h3-4,7-8,12,14H,2,5-6,9-11,17H2,1H3. The summed E-state index contributed by atoms with van der Waals surface area (Å²) in [6, 6.07) is 8.55. The molecule has 2 aromatic rings. The first-order valence-corrected chi connectivity index (χ1v) is 7.57. The summed E-state index contributed by atoms with van der Waals surface area (Å²) in [5.74, 6) is 0.467. The minimum absolute atomic E-state index is 0.138. The summed E-state index contributed by atoms with van der Waals surface area (Å²) < 4.78 is 7.61. The van der Waals surface area contributed by atoms with E-state index in [9.17, 15) is 0 Å². The molecule has 4 nitrogen and oxygen atoms in total. The zero-order valence-corrected chi connectivity index (χ0v) is 12.1. The number of rotatable bonds is 4. The van der Waals surface area contributed by atoms with Gasteiger partial charge in [-0.15, -0.1) is 0 Å². The van der Waals surface area contributed by atoms with Gasteiger partial charge in [-0.1, -0.05) is 18.2 Å². The number of ether oxygens (including phenoxy) is 1. The minimum Gasteiger partial charge on any atom is -0.381 e. The Balaban J connectivity index is 1.83. The van der Waals surface area contributed by atoms with Gasteiger partial charge >= 0.3 is 0 Å². The predicted molar refractivity (Wildman–Crippen MR) is 80.6 cm³/mol. The lowest BCUT2D eigenvalue weighted by Gasteiger charge is -2.27. The van der Waals surface area contributed by atoms with Crippen LogP contribution in [0.1, 0.15) is 25.5 Å². The van der Waals surface area contributed by atoms with E-state index in [0.717, 1.165) is 38.3 Å². The van der Waals surface area contributed by atoms with Crippen LogP contribution in [0.2, 0.25) is 0 Å². The van der Waals surface area contributed by atoms with Crippen LogP contribution in [-0.4, -0.2) is 29.0 Å². The fraction of sp³-hybridized carbons (Fsp3) is 0.562. The molecular weight excluding hydrogens is 250 g/mol. The van der Waals surface area contributed by atoms with E-state index < -0.39 is 0 Å². The van der Waals surface area contributed by atoms with Crippen molar-refractivity contribution in [2.75, 3.05) is 13.2 Å². The highest BCUT2D eigenvalue weighted by atomic mass is 16.5. The summed E-state index contributed by atoms with van der Waals surface area (Å²) in [5, 5.41) is 5.98. The van der Waals surface area contributed by atoms with Crippen LogP contribution in [0.25, 0.3) is 10.9 Å². The number of benzene rings is 1. The number of hydrogen-bond acceptors (Lipinski definition) is 3. The maximum atomic E-state index is 6.39. The Kier molecular flexibility index (Phi) is 4.03. The lowest BCUT2D eigenvalue weighted by Crippen LogP contribution is -2.37. The van der Waals surface area contributed by atoms with Gasteiger partial charge in [0.25, 0.3) is 0 Å². The van der Waals surface area contributed by atoms with E-state index >= 15 is 0 Å². The molecular formula is C16H23N3O. The van der Waals surface area contributed by atoms with Gasteiger partial charge in [-0.25, -0.2) is 0 Å². The van der Waals surface area contributed by atoms with E-state index in [1.807, 2.05) is 0 Å². The van der Waals surface area contributed by atoms with Gasteiger partial charge in [0.05, 0.1) is 17.8 Å². The molecule has 2 heterocycles. The largest absolute Gasteiger partial charge is 0.381 e. The molecule has 0 radical (unpaired) electrons. The van der Waals surface area contributed by atoms with Gasteiger partial charge in [-0.05, 0) is 31.7 Å². The van der Waals surface area contributed by atoms with Gasteiger partial charge in [0, 0.05) is 31.0 Å². The van der Waals surface area contributed by atoms with Crippen molar-refractivity contribution in [1.29, 1.82) is 0 Å². The average molecular weight is 273 g/mol. The van der Waals surface area contributed by atoms with E-state index in [-0.39, 0.29) is 6.04 Å². The molecule has 4 heteroatoms. The van der Waals surface area contributed by atoms with Crippen molar-refractivity contribution < 1.29 is 4.74 Å². The first-order chi connectivity index (χ1) is 9.79. The summed E-state index contributed by atoms with van der Waals surface area (Å²) in [5.41, 5.74) is 8.72. The lowest BCUT2D eigenvalue weighted by molar-refractivity contribution is 0.0449. The summed E-state index contributed by atoms with van der Waals surface area (Å²) >= 11 is 0. The molecule has 0 bridgehead atoms. The van der Waals surface area contributed by atoms with Crippen LogP contribution in [0.5, 0.6) is 0 Å². The molecule has 0 amide bonds. The number of aromatic nitrogens is 2. The van der Waals surface area contributed by atoms with Crippen LogP contribution in [0, 0.1) is 5.92 Å². The molecule has 0 aliphatic carbocycles. The van der Waals surface area contributed by atoms with Crippen molar-refractivity contribution in [2.45, 2.75) is 38.8 Å². The molecule has 1 aromatic heterocycles. The molecule has 0 saturated carbocycles. The molecule has 3 rings (SSSR count). The third kappa shape index (κ3) is 2.58. The van der Waals surface area contributed by atoms with E-state index in [2.05, 4.69) is 35.9 Å². The Morgan fingerprint density at radius 2 is 2.30 bits per heavy atom. The highest BCUT2D eigenvalue weighted by Crippen LogP contribution is 2.23. The SMILES string of the molecule is CCn1nc(CC(N)C2CCCOC2)c2ccccc21. The number of nitrogens with two attached hydrogens (primary N) is 1. The van der Waals surface area contributed by atoms with E-state index in [1.54, 1.807) is 0 Å². The number of para-hydroxylation sites is 1. The summed E-state index contributed by atoms with van der Waals surface area (Å²) in [6.07, 6.45) is 3.14. The van der Waals surface area contributed by atoms with Crippen LogP contribution in [0.15, 0.2) is 24.3 Å². The number of fused-ring (bicyclic) bond motifs is 1. The van der Waals surface area contributed by atoms with Crippen LogP contribution >= 0.6 is 0 Å². The van der Waals surface area contributed by atoms with Crippen molar-refractivity contribution in [3.8, 4) is 0 Å². The summed E-state index contributed by atoms with van der Waals surface area (Å²) in [4.78, 5) is 0. The maximum Gasteiger partial charge on any atom is 0.0718 e. The zero-order valence-electron chi connectivity index (χ0n) is 12.1. The van der Waals surface area contributed by atoms with Gasteiger partial charge in [0.2, 0.25) is 0 Å². The summed E-state index contributed by atoms with van der Waals surface area (Å²) in [7, 11) is 0. The van der Waals surface area contributed by atoms with Crippen LogP contribution in [0.3, 0.4) is 0 Å². The van der Waals surface area contributed by atoms with Gasteiger partial charge in [0.1, 0.15) is 0 Å². The minimum atomic E-state index is 0.138. The van der Waals surface area contributed by atoms with Crippen molar-refractivity contribution in [3.63, 3.8) is 0 Å². The zero-order chi connectivity index (χ0) is 13.9. The Labute approximate surface area is 119 Å². The lowest BCUT2D eigenvalue weighted by atomic mass is 9.91. The molecule has 2 N–H and O–H groups in total. The third-order valence-corrected chi connectivity index (χ3v) is 4.26. The second-order valence-corrected chi connectivity index (χ2v) is 5.62. The molecule has 1 aliphatic heterocycles. The molecule has 1 aromatic carbocycles. The molecule has 1 aliphatic rings. The third-order valence-electron chi connectivity index (χ3n) is 4.26. The first-order valence-electron chi connectivity index (χ1n) is 7.57. The highest BCUT2D eigenvalue weighted by Gasteiger charge is 2.23. The van der Waals surface area contributed by atoms with Gasteiger partial charge < -0.3 is 10.5 Å². The molecule has 1 fully saturated rings. The van der Waals surface area contributed by atoms with Crippen LogP contribution in [0.4, 0.5) is 0 Å². The normalized spacial score (nSPS) is 21.2. The van der Waals surface area contributed by atoms with E-state index in [4.69, 9.17) is 15.6 Å².